The van der Waals surface area contributed by atoms with E-state index in [1.807, 2.05) is 30.3 Å². The summed E-state index contributed by atoms with van der Waals surface area (Å²) in [5.41, 5.74) is 9.07. The van der Waals surface area contributed by atoms with Crippen molar-refractivity contribution in [3.05, 3.63) is 59.2 Å². The second-order valence-corrected chi connectivity index (χ2v) is 6.50. The van der Waals surface area contributed by atoms with Crippen LogP contribution in [0.25, 0.3) is 0 Å². The molecular weight excluding hydrogens is 326 g/mol. The summed E-state index contributed by atoms with van der Waals surface area (Å²) in [5.74, 6) is -0.523. The van der Waals surface area contributed by atoms with Gasteiger partial charge in [-0.1, -0.05) is 25.5 Å². The van der Waals surface area contributed by atoms with Gasteiger partial charge < -0.3 is 11.1 Å². The van der Waals surface area contributed by atoms with Crippen molar-refractivity contribution in [1.82, 2.24) is 0 Å². The van der Waals surface area contributed by atoms with E-state index in [4.69, 9.17) is 5.73 Å². The number of benzene rings is 2. The van der Waals surface area contributed by atoms with Crippen molar-refractivity contribution in [2.45, 2.75) is 32.6 Å². The maximum absolute atomic E-state index is 12.8. The highest BCUT2D eigenvalue weighted by Gasteiger charge is 2.36. The second kappa shape index (κ2) is 8.15. The minimum Gasteiger partial charge on any atom is -0.385 e. The van der Waals surface area contributed by atoms with Crippen molar-refractivity contribution in [1.29, 1.82) is 0 Å². The molecule has 0 bridgehead atoms. The number of hydrogen-bond donors (Lipinski definition) is 2. The lowest BCUT2D eigenvalue weighted by Crippen LogP contribution is -2.29. The lowest BCUT2D eigenvalue weighted by molar-refractivity contribution is 0.0926. The van der Waals surface area contributed by atoms with Crippen LogP contribution in [0.2, 0.25) is 0 Å². The van der Waals surface area contributed by atoms with E-state index >= 15 is 0 Å². The van der Waals surface area contributed by atoms with Gasteiger partial charge in [0.2, 0.25) is 0 Å². The summed E-state index contributed by atoms with van der Waals surface area (Å²) in [7, 11) is 0. The number of nitrogens with one attached hydrogen (secondary N) is 1. The van der Waals surface area contributed by atoms with Crippen LogP contribution in [0.1, 0.15) is 52.5 Å². The molecule has 3 N–H and O–H groups in total. The average molecular weight is 351 g/mol. The number of fused-ring (bicyclic) bond motifs is 1. The van der Waals surface area contributed by atoms with E-state index in [1.54, 1.807) is 12.1 Å². The fraction of sp³-hybridized carbons (Fsp3) is 0.333. The van der Waals surface area contributed by atoms with Gasteiger partial charge in [-0.3, -0.25) is 9.59 Å². The molecule has 0 unspecified atom stereocenters. The SMILES string of the molecule is CCc1ccc(N2C(=O)c3ccc(NCCCCCN)cc3C2=O)cc1. The molecule has 5 heteroatoms. The van der Waals surface area contributed by atoms with Crippen molar-refractivity contribution in [3.8, 4) is 0 Å². The summed E-state index contributed by atoms with van der Waals surface area (Å²) >= 11 is 0. The van der Waals surface area contributed by atoms with Gasteiger partial charge in [0.25, 0.3) is 11.8 Å². The van der Waals surface area contributed by atoms with Gasteiger partial charge in [-0.2, -0.15) is 0 Å². The van der Waals surface area contributed by atoms with E-state index in [-0.39, 0.29) is 11.8 Å². The smallest absolute Gasteiger partial charge is 0.266 e. The van der Waals surface area contributed by atoms with Crippen LogP contribution in [0, 0.1) is 0 Å². The van der Waals surface area contributed by atoms with Crippen molar-refractivity contribution < 1.29 is 9.59 Å². The summed E-state index contributed by atoms with van der Waals surface area (Å²) in [6.07, 6.45) is 4.04. The molecule has 2 amide bonds. The first-order chi connectivity index (χ1) is 12.7. The van der Waals surface area contributed by atoms with Crippen LogP contribution < -0.4 is 16.0 Å². The Balaban J connectivity index is 1.74. The van der Waals surface area contributed by atoms with Crippen LogP contribution in [-0.2, 0) is 6.42 Å². The molecule has 1 heterocycles. The topological polar surface area (TPSA) is 75.4 Å². The molecular formula is C21H25N3O2. The molecule has 0 aliphatic carbocycles. The zero-order chi connectivity index (χ0) is 18.5. The first-order valence-corrected chi connectivity index (χ1v) is 9.21. The monoisotopic (exact) mass is 351 g/mol. The Kier molecular flexibility index (Phi) is 5.68. The highest BCUT2D eigenvalue weighted by molar-refractivity contribution is 6.34. The Morgan fingerprint density at radius 1 is 0.923 bits per heavy atom. The number of nitrogens with zero attached hydrogens (tertiary/aromatic N) is 1. The Morgan fingerprint density at radius 2 is 1.65 bits per heavy atom. The maximum atomic E-state index is 12.8. The fourth-order valence-corrected chi connectivity index (χ4v) is 3.14. The summed E-state index contributed by atoms with van der Waals surface area (Å²) in [5, 5.41) is 3.32. The Hall–Kier alpha value is -2.66. The minimum atomic E-state index is -0.263. The van der Waals surface area contributed by atoms with Crippen LogP contribution in [0.15, 0.2) is 42.5 Å². The summed E-state index contributed by atoms with van der Waals surface area (Å²) in [6.45, 7) is 3.61. The molecule has 0 atom stereocenters. The lowest BCUT2D eigenvalue weighted by Gasteiger charge is -2.14. The molecule has 0 spiro atoms. The summed E-state index contributed by atoms with van der Waals surface area (Å²) < 4.78 is 0. The molecule has 5 nitrogen and oxygen atoms in total. The number of carbonyl (C=O) groups is 2. The first kappa shape index (κ1) is 18.1. The van der Waals surface area contributed by atoms with E-state index in [1.165, 1.54) is 10.5 Å². The van der Waals surface area contributed by atoms with Crippen molar-refractivity contribution >= 4 is 23.2 Å². The molecule has 3 rings (SSSR count). The van der Waals surface area contributed by atoms with Gasteiger partial charge in [0, 0.05) is 12.2 Å². The third-order valence-electron chi connectivity index (χ3n) is 4.70. The van der Waals surface area contributed by atoms with Crippen molar-refractivity contribution in [2.24, 2.45) is 5.73 Å². The van der Waals surface area contributed by atoms with Gasteiger partial charge in [0.15, 0.2) is 0 Å². The number of amides is 2. The number of nitrogens with two attached hydrogens (primary N) is 1. The number of unbranched alkanes of at least 4 members (excludes halogenated alkanes) is 2. The molecule has 2 aromatic carbocycles. The maximum Gasteiger partial charge on any atom is 0.266 e. The van der Waals surface area contributed by atoms with Crippen LogP contribution in [0.5, 0.6) is 0 Å². The third-order valence-corrected chi connectivity index (χ3v) is 4.70. The van der Waals surface area contributed by atoms with Crippen molar-refractivity contribution in [3.63, 3.8) is 0 Å². The number of anilines is 2. The highest BCUT2D eigenvalue weighted by atomic mass is 16.2. The molecule has 2 aromatic rings. The normalized spacial score (nSPS) is 13.2. The number of imide groups is 1. The zero-order valence-electron chi connectivity index (χ0n) is 15.1. The summed E-state index contributed by atoms with van der Waals surface area (Å²) in [4.78, 5) is 26.7. The largest absolute Gasteiger partial charge is 0.385 e. The van der Waals surface area contributed by atoms with Gasteiger partial charge in [-0.05, 0) is 61.7 Å². The molecule has 0 saturated carbocycles. The highest BCUT2D eigenvalue weighted by Crippen LogP contribution is 2.30. The lowest BCUT2D eigenvalue weighted by atomic mass is 10.1. The van der Waals surface area contributed by atoms with Gasteiger partial charge in [0.1, 0.15) is 0 Å². The second-order valence-electron chi connectivity index (χ2n) is 6.50. The Bertz CT molecular complexity index is 799. The Labute approximate surface area is 154 Å². The van der Waals surface area contributed by atoms with Gasteiger partial charge >= 0.3 is 0 Å². The Morgan fingerprint density at radius 3 is 2.35 bits per heavy atom. The van der Waals surface area contributed by atoms with E-state index in [0.29, 0.717) is 23.4 Å². The summed E-state index contributed by atoms with van der Waals surface area (Å²) in [6, 6.07) is 12.9. The van der Waals surface area contributed by atoms with E-state index in [9.17, 15) is 9.59 Å². The quantitative estimate of drug-likeness (QED) is 0.563. The number of carbonyl (C=O) groups excluding carboxylic acids is 2. The molecule has 0 aromatic heterocycles. The van der Waals surface area contributed by atoms with Crippen LogP contribution in [0.4, 0.5) is 11.4 Å². The van der Waals surface area contributed by atoms with Crippen molar-refractivity contribution in [2.75, 3.05) is 23.3 Å². The standard InChI is InChI=1S/C21H25N3O2/c1-2-15-6-9-17(10-7-15)24-20(25)18-11-8-16(14-19(18)21(24)26)23-13-5-3-4-12-22/h6-11,14,23H,2-5,12-13,22H2,1H3. The fourth-order valence-electron chi connectivity index (χ4n) is 3.14. The van der Waals surface area contributed by atoms with E-state index in [0.717, 1.165) is 37.9 Å². The molecule has 0 fully saturated rings. The van der Waals surface area contributed by atoms with Crippen LogP contribution in [-0.4, -0.2) is 24.9 Å². The number of hydrogen-bond acceptors (Lipinski definition) is 4. The minimum absolute atomic E-state index is 0.260. The predicted molar refractivity (Wildman–Crippen MR) is 105 cm³/mol. The van der Waals surface area contributed by atoms with E-state index < -0.39 is 0 Å². The van der Waals surface area contributed by atoms with Gasteiger partial charge in [0.05, 0.1) is 16.8 Å². The molecule has 136 valence electrons. The first-order valence-electron chi connectivity index (χ1n) is 9.21. The zero-order valence-corrected chi connectivity index (χ0v) is 15.1. The molecule has 0 radical (unpaired) electrons. The van der Waals surface area contributed by atoms with Crippen LogP contribution >= 0.6 is 0 Å². The average Bonchev–Trinajstić information content (AvgIpc) is 2.92. The molecule has 26 heavy (non-hydrogen) atoms. The van der Waals surface area contributed by atoms with Gasteiger partial charge in [-0.25, -0.2) is 4.90 Å². The molecule has 1 aliphatic rings. The predicted octanol–water partition coefficient (Wildman–Crippen LogP) is 3.59. The molecule has 0 saturated heterocycles. The van der Waals surface area contributed by atoms with Crippen LogP contribution in [0.3, 0.4) is 0 Å². The van der Waals surface area contributed by atoms with E-state index in [2.05, 4.69) is 12.2 Å². The number of aryl methyl sites for hydroxylation is 1. The van der Waals surface area contributed by atoms with Gasteiger partial charge in [-0.15, -0.1) is 0 Å². The molecule has 1 aliphatic heterocycles. The number of rotatable bonds is 8. The third kappa shape index (κ3) is 3.63.